The smallest absolute Gasteiger partial charge is 0.266 e. The fourth-order valence-electron chi connectivity index (χ4n) is 6.75. The Morgan fingerprint density at radius 2 is 1.97 bits per heavy atom. The summed E-state index contributed by atoms with van der Waals surface area (Å²) in [6.45, 7) is 12.1. The van der Waals surface area contributed by atoms with Crippen LogP contribution in [0.2, 0.25) is 0 Å². The van der Waals surface area contributed by atoms with E-state index in [0.717, 1.165) is 38.5 Å². The van der Waals surface area contributed by atoms with Gasteiger partial charge in [0.15, 0.2) is 6.17 Å². The Bertz CT molecular complexity index is 763. The van der Waals surface area contributed by atoms with Gasteiger partial charge in [0.05, 0.1) is 11.7 Å². The van der Waals surface area contributed by atoms with E-state index in [9.17, 15) is 24.1 Å². The van der Waals surface area contributed by atoms with Crippen molar-refractivity contribution in [2.24, 2.45) is 23.2 Å². The fourth-order valence-corrected chi connectivity index (χ4v) is 6.75. The zero-order valence-electron chi connectivity index (χ0n) is 20.2. The zero-order valence-corrected chi connectivity index (χ0v) is 20.2. The molecule has 7 atom stereocenters. The molecule has 3 rings (SSSR count). The molecule has 3 N–H and O–H groups in total. The van der Waals surface area contributed by atoms with Crippen LogP contribution in [0.25, 0.3) is 0 Å². The highest BCUT2D eigenvalue weighted by molar-refractivity contribution is 5.42. The summed E-state index contributed by atoms with van der Waals surface area (Å²) in [5.74, 6) is -1.52. The third-order valence-corrected chi connectivity index (χ3v) is 8.61. The number of allylic oxidation sites excluding steroid dienone is 3. The summed E-state index contributed by atoms with van der Waals surface area (Å²) in [5, 5.41) is 29.7. The highest BCUT2D eigenvalue weighted by atomic mass is 19.2. The molecule has 5 heteroatoms. The predicted molar refractivity (Wildman–Crippen MR) is 124 cm³/mol. The molecule has 32 heavy (non-hydrogen) atoms. The van der Waals surface area contributed by atoms with E-state index >= 15 is 0 Å². The van der Waals surface area contributed by atoms with Crippen LogP contribution in [0.3, 0.4) is 0 Å². The van der Waals surface area contributed by atoms with Crippen LogP contribution in [-0.2, 0) is 0 Å². The van der Waals surface area contributed by atoms with Crippen LogP contribution in [0, 0.1) is 23.2 Å². The van der Waals surface area contributed by atoms with E-state index in [1.165, 1.54) is 18.4 Å². The van der Waals surface area contributed by atoms with Gasteiger partial charge in [-0.1, -0.05) is 51.0 Å². The first-order valence-corrected chi connectivity index (χ1v) is 12.3. The van der Waals surface area contributed by atoms with E-state index in [4.69, 9.17) is 0 Å². The van der Waals surface area contributed by atoms with Gasteiger partial charge in [-0.25, -0.2) is 8.78 Å². The van der Waals surface area contributed by atoms with Crippen LogP contribution in [0.4, 0.5) is 8.78 Å². The van der Waals surface area contributed by atoms with Crippen molar-refractivity contribution in [2.75, 3.05) is 0 Å². The number of aliphatic hydroxyl groups is 3. The third-order valence-electron chi connectivity index (χ3n) is 8.61. The lowest BCUT2D eigenvalue weighted by molar-refractivity contribution is -0.152. The molecule has 0 radical (unpaired) electrons. The molecular weight excluding hydrogens is 410 g/mol. The molecular formula is C27H42F2O3. The van der Waals surface area contributed by atoms with E-state index in [0.29, 0.717) is 23.3 Å². The SMILES string of the molecule is C=C1/C(=C\C=C2/CCC[C@]3(C)[C@@H]([C@H](C)CCCC(C)(C)O)CC[C@@H]23)C[C@@H](O)C(F)C1(O)F. The van der Waals surface area contributed by atoms with Gasteiger partial charge >= 0.3 is 0 Å². The third kappa shape index (κ3) is 5.05. The molecule has 0 aliphatic heterocycles. The van der Waals surface area contributed by atoms with Gasteiger partial charge in [0.2, 0.25) is 0 Å². The summed E-state index contributed by atoms with van der Waals surface area (Å²) in [6.07, 6.45) is 8.37. The molecule has 3 aliphatic rings. The first-order valence-electron chi connectivity index (χ1n) is 12.3. The molecule has 182 valence electrons. The van der Waals surface area contributed by atoms with E-state index in [-0.39, 0.29) is 17.4 Å². The summed E-state index contributed by atoms with van der Waals surface area (Å²) in [6, 6.07) is 0. The van der Waals surface area contributed by atoms with Crippen LogP contribution < -0.4 is 0 Å². The molecule has 0 spiro atoms. The van der Waals surface area contributed by atoms with Crippen molar-refractivity contribution in [1.82, 2.24) is 0 Å². The summed E-state index contributed by atoms with van der Waals surface area (Å²) < 4.78 is 28.2. The molecule has 0 aromatic heterocycles. The van der Waals surface area contributed by atoms with E-state index in [2.05, 4.69) is 20.4 Å². The average Bonchev–Trinajstić information content (AvgIpc) is 3.05. The number of halogens is 2. The standard InChI is InChI=1S/C27H42F2O3/c1-17(8-6-14-25(3,4)31)21-12-13-22-19(9-7-15-26(21,22)5)10-11-20-16-23(30)24(28)27(29,32)18(20)2/h10-11,17,21-24,30-32H,2,6-9,12-16H2,1,3-5H3/b19-10+,20-11-/t17-,21-,22+,23-,24?,26-,27?/m1/s1. The maximum atomic E-state index is 14.4. The average molecular weight is 453 g/mol. The normalized spacial score (nSPS) is 41.8. The zero-order chi connectivity index (χ0) is 23.9. The number of rotatable bonds is 6. The molecule has 0 saturated heterocycles. The largest absolute Gasteiger partial charge is 0.390 e. The van der Waals surface area contributed by atoms with E-state index in [1.807, 2.05) is 19.9 Å². The summed E-state index contributed by atoms with van der Waals surface area (Å²) >= 11 is 0. The van der Waals surface area contributed by atoms with Crippen molar-refractivity contribution >= 4 is 0 Å². The van der Waals surface area contributed by atoms with Crippen molar-refractivity contribution in [1.29, 1.82) is 0 Å². The lowest BCUT2D eigenvalue weighted by atomic mass is 9.60. The molecule has 2 unspecified atom stereocenters. The Balaban J connectivity index is 1.74. The Kier molecular flexibility index (Phi) is 7.44. The first kappa shape index (κ1) is 25.6. The van der Waals surface area contributed by atoms with Crippen LogP contribution >= 0.6 is 0 Å². The van der Waals surface area contributed by atoms with Crippen molar-refractivity contribution in [2.45, 2.75) is 109 Å². The Labute approximate surface area is 192 Å². The van der Waals surface area contributed by atoms with Crippen molar-refractivity contribution < 1.29 is 24.1 Å². The molecule has 0 aromatic carbocycles. The van der Waals surface area contributed by atoms with Crippen LogP contribution in [0.15, 0.2) is 35.5 Å². The molecule has 3 fully saturated rings. The fraction of sp³-hybridized carbons (Fsp3) is 0.778. The Morgan fingerprint density at radius 3 is 2.62 bits per heavy atom. The van der Waals surface area contributed by atoms with Gasteiger partial charge < -0.3 is 15.3 Å². The minimum atomic E-state index is -3.22. The second-order valence-corrected chi connectivity index (χ2v) is 11.5. The highest BCUT2D eigenvalue weighted by Crippen LogP contribution is 2.60. The summed E-state index contributed by atoms with van der Waals surface area (Å²) in [4.78, 5) is 0. The number of hydrogen-bond donors (Lipinski definition) is 3. The lowest BCUT2D eigenvalue weighted by Gasteiger charge is -2.44. The van der Waals surface area contributed by atoms with Gasteiger partial charge in [0, 0.05) is 12.0 Å². The van der Waals surface area contributed by atoms with Crippen LogP contribution in [0.1, 0.15) is 85.5 Å². The number of fused-ring (bicyclic) bond motifs is 1. The quantitative estimate of drug-likeness (QED) is 0.467. The second kappa shape index (κ2) is 9.31. The molecule has 3 nitrogen and oxygen atoms in total. The maximum absolute atomic E-state index is 14.4. The van der Waals surface area contributed by atoms with Gasteiger partial charge in [-0.3, -0.25) is 0 Å². The summed E-state index contributed by atoms with van der Waals surface area (Å²) in [7, 11) is 0. The number of hydrogen-bond acceptors (Lipinski definition) is 3. The van der Waals surface area contributed by atoms with Gasteiger partial charge in [0.1, 0.15) is 0 Å². The maximum Gasteiger partial charge on any atom is 0.266 e. The van der Waals surface area contributed by atoms with E-state index < -0.39 is 23.7 Å². The number of aliphatic hydroxyl groups excluding tert-OH is 1. The molecule has 3 aliphatic carbocycles. The van der Waals surface area contributed by atoms with Gasteiger partial charge in [-0.2, -0.15) is 0 Å². The van der Waals surface area contributed by atoms with Crippen LogP contribution in [-0.4, -0.2) is 39.1 Å². The monoisotopic (exact) mass is 452 g/mol. The molecule has 0 heterocycles. The molecule has 0 aromatic rings. The molecule has 0 amide bonds. The molecule has 3 saturated carbocycles. The van der Waals surface area contributed by atoms with E-state index in [1.54, 1.807) is 6.08 Å². The second-order valence-electron chi connectivity index (χ2n) is 11.5. The first-order chi connectivity index (χ1) is 14.8. The Hall–Kier alpha value is -1.04. The predicted octanol–water partition coefficient (Wildman–Crippen LogP) is 5.95. The van der Waals surface area contributed by atoms with Crippen molar-refractivity contribution in [3.05, 3.63) is 35.5 Å². The van der Waals surface area contributed by atoms with Crippen molar-refractivity contribution in [3.8, 4) is 0 Å². The highest BCUT2D eigenvalue weighted by Gasteiger charge is 2.51. The van der Waals surface area contributed by atoms with Crippen molar-refractivity contribution in [3.63, 3.8) is 0 Å². The lowest BCUT2D eigenvalue weighted by Crippen LogP contribution is -2.48. The summed E-state index contributed by atoms with van der Waals surface area (Å²) in [5.41, 5.74) is 1.05. The van der Waals surface area contributed by atoms with Gasteiger partial charge in [-0.05, 0) is 81.1 Å². The minimum Gasteiger partial charge on any atom is -0.390 e. The topological polar surface area (TPSA) is 60.7 Å². The van der Waals surface area contributed by atoms with Gasteiger partial charge in [0.25, 0.3) is 5.85 Å². The molecule has 0 bridgehead atoms. The Morgan fingerprint density at radius 1 is 1.28 bits per heavy atom. The minimum absolute atomic E-state index is 0.0428. The number of alkyl halides is 2. The van der Waals surface area contributed by atoms with Crippen LogP contribution in [0.5, 0.6) is 0 Å². The van der Waals surface area contributed by atoms with Gasteiger partial charge in [-0.15, -0.1) is 0 Å².